The lowest BCUT2D eigenvalue weighted by Gasteiger charge is -2.42. The number of ether oxygens (including phenoxy) is 1. The Kier molecular flexibility index (Phi) is 4.83. The first-order chi connectivity index (χ1) is 8.22. The molecule has 2 saturated heterocycles. The van der Waals surface area contributed by atoms with Crippen LogP contribution in [0.15, 0.2) is 0 Å². The second-order valence-electron chi connectivity index (χ2n) is 5.87. The minimum Gasteiger partial charge on any atom is -0.381 e. The Labute approximate surface area is 106 Å². The van der Waals surface area contributed by atoms with Gasteiger partial charge in [-0.3, -0.25) is 4.90 Å². The SMILES string of the molecule is CNC1CCOCC1CN1CCCC(C)C1C. The Morgan fingerprint density at radius 1 is 1.29 bits per heavy atom. The summed E-state index contributed by atoms with van der Waals surface area (Å²) in [5.74, 6) is 1.52. The van der Waals surface area contributed by atoms with Crippen molar-refractivity contribution in [3.05, 3.63) is 0 Å². The van der Waals surface area contributed by atoms with Crippen molar-refractivity contribution in [2.24, 2.45) is 11.8 Å². The maximum atomic E-state index is 5.65. The van der Waals surface area contributed by atoms with Gasteiger partial charge in [0.2, 0.25) is 0 Å². The molecule has 2 rings (SSSR count). The molecular weight excluding hydrogens is 212 g/mol. The zero-order valence-electron chi connectivity index (χ0n) is 11.6. The Morgan fingerprint density at radius 3 is 2.88 bits per heavy atom. The van der Waals surface area contributed by atoms with Gasteiger partial charge < -0.3 is 10.1 Å². The van der Waals surface area contributed by atoms with Gasteiger partial charge in [0.1, 0.15) is 0 Å². The topological polar surface area (TPSA) is 24.5 Å². The zero-order chi connectivity index (χ0) is 12.3. The van der Waals surface area contributed by atoms with Gasteiger partial charge >= 0.3 is 0 Å². The Morgan fingerprint density at radius 2 is 2.12 bits per heavy atom. The number of hydrogen-bond acceptors (Lipinski definition) is 3. The van der Waals surface area contributed by atoms with E-state index in [2.05, 4.69) is 31.1 Å². The van der Waals surface area contributed by atoms with Crippen molar-refractivity contribution in [3.8, 4) is 0 Å². The summed E-state index contributed by atoms with van der Waals surface area (Å²) in [5.41, 5.74) is 0. The Hall–Kier alpha value is -0.120. The van der Waals surface area contributed by atoms with Gasteiger partial charge in [-0.05, 0) is 45.7 Å². The predicted molar refractivity (Wildman–Crippen MR) is 71.2 cm³/mol. The van der Waals surface area contributed by atoms with Crippen LogP contribution in [0.2, 0.25) is 0 Å². The maximum Gasteiger partial charge on any atom is 0.0521 e. The molecule has 2 aliphatic rings. The first-order valence-corrected chi connectivity index (χ1v) is 7.21. The largest absolute Gasteiger partial charge is 0.381 e. The van der Waals surface area contributed by atoms with Crippen LogP contribution in [0.4, 0.5) is 0 Å². The fourth-order valence-corrected chi connectivity index (χ4v) is 3.34. The molecule has 1 N–H and O–H groups in total. The molecule has 4 unspecified atom stereocenters. The van der Waals surface area contributed by atoms with Gasteiger partial charge in [-0.15, -0.1) is 0 Å². The lowest BCUT2D eigenvalue weighted by Crippen LogP contribution is -2.51. The molecule has 4 atom stereocenters. The van der Waals surface area contributed by atoms with Crippen molar-refractivity contribution in [1.29, 1.82) is 0 Å². The van der Waals surface area contributed by atoms with E-state index < -0.39 is 0 Å². The molecule has 0 aromatic rings. The molecule has 0 radical (unpaired) electrons. The number of nitrogens with one attached hydrogen (secondary N) is 1. The van der Waals surface area contributed by atoms with Crippen molar-refractivity contribution in [2.45, 2.75) is 45.2 Å². The molecule has 0 saturated carbocycles. The summed E-state index contributed by atoms with van der Waals surface area (Å²) in [7, 11) is 2.09. The van der Waals surface area contributed by atoms with Crippen LogP contribution in [0.5, 0.6) is 0 Å². The number of piperidine rings is 1. The highest BCUT2D eigenvalue weighted by atomic mass is 16.5. The van der Waals surface area contributed by atoms with E-state index in [1.54, 1.807) is 0 Å². The van der Waals surface area contributed by atoms with Gasteiger partial charge in [0.25, 0.3) is 0 Å². The van der Waals surface area contributed by atoms with Crippen molar-refractivity contribution in [2.75, 3.05) is 33.4 Å². The van der Waals surface area contributed by atoms with E-state index in [0.717, 1.165) is 25.2 Å². The molecule has 0 aromatic heterocycles. The van der Waals surface area contributed by atoms with Crippen molar-refractivity contribution >= 4 is 0 Å². The summed E-state index contributed by atoms with van der Waals surface area (Å²) in [6.07, 6.45) is 3.93. The molecule has 0 amide bonds. The van der Waals surface area contributed by atoms with Crippen LogP contribution >= 0.6 is 0 Å². The van der Waals surface area contributed by atoms with E-state index in [1.165, 1.54) is 32.4 Å². The monoisotopic (exact) mass is 240 g/mol. The maximum absolute atomic E-state index is 5.65. The molecule has 2 heterocycles. The van der Waals surface area contributed by atoms with E-state index >= 15 is 0 Å². The van der Waals surface area contributed by atoms with Crippen molar-refractivity contribution in [3.63, 3.8) is 0 Å². The fourth-order valence-electron chi connectivity index (χ4n) is 3.34. The number of nitrogens with zero attached hydrogens (tertiary/aromatic N) is 1. The minimum atomic E-state index is 0.646. The third-order valence-electron chi connectivity index (χ3n) is 4.82. The summed E-state index contributed by atoms with van der Waals surface area (Å²) in [5, 5.41) is 3.46. The van der Waals surface area contributed by atoms with E-state index in [0.29, 0.717) is 12.0 Å². The van der Waals surface area contributed by atoms with Crippen LogP contribution in [0.3, 0.4) is 0 Å². The van der Waals surface area contributed by atoms with E-state index in [4.69, 9.17) is 4.74 Å². The highest BCUT2D eigenvalue weighted by molar-refractivity contribution is 4.85. The van der Waals surface area contributed by atoms with Gasteiger partial charge in [0, 0.05) is 31.2 Å². The minimum absolute atomic E-state index is 0.646. The van der Waals surface area contributed by atoms with Crippen LogP contribution in [0.25, 0.3) is 0 Å². The molecule has 2 fully saturated rings. The van der Waals surface area contributed by atoms with Crippen LogP contribution in [-0.4, -0.2) is 50.3 Å². The van der Waals surface area contributed by atoms with Gasteiger partial charge in [0.05, 0.1) is 6.61 Å². The summed E-state index contributed by atoms with van der Waals surface area (Å²) in [4.78, 5) is 2.68. The number of likely N-dealkylation sites (tertiary alicyclic amines) is 1. The fraction of sp³-hybridized carbons (Fsp3) is 1.00. The Bertz CT molecular complexity index is 228. The van der Waals surface area contributed by atoms with Crippen LogP contribution in [-0.2, 0) is 4.74 Å². The standard InChI is InChI=1S/C14H28N2O/c1-11-5-4-7-16(12(11)2)9-13-10-17-8-6-14(13)15-3/h11-15H,4-10H2,1-3H3. The quantitative estimate of drug-likeness (QED) is 0.813. The lowest BCUT2D eigenvalue weighted by molar-refractivity contribution is 0.00154. The second kappa shape index (κ2) is 6.17. The van der Waals surface area contributed by atoms with Gasteiger partial charge in [-0.2, -0.15) is 0 Å². The van der Waals surface area contributed by atoms with Gasteiger partial charge in [0.15, 0.2) is 0 Å². The second-order valence-corrected chi connectivity index (χ2v) is 5.87. The first kappa shape index (κ1) is 13.3. The van der Waals surface area contributed by atoms with E-state index in [9.17, 15) is 0 Å². The van der Waals surface area contributed by atoms with Gasteiger partial charge in [-0.1, -0.05) is 6.92 Å². The summed E-state index contributed by atoms with van der Waals surface area (Å²) >= 11 is 0. The molecule has 3 heteroatoms. The smallest absolute Gasteiger partial charge is 0.0521 e. The molecule has 2 aliphatic heterocycles. The third-order valence-corrected chi connectivity index (χ3v) is 4.82. The molecular formula is C14H28N2O. The van der Waals surface area contributed by atoms with Crippen molar-refractivity contribution in [1.82, 2.24) is 10.2 Å². The molecule has 0 aromatic carbocycles. The molecule has 0 aliphatic carbocycles. The molecule has 0 spiro atoms. The van der Waals surface area contributed by atoms with Crippen LogP contribution < -0.4 is 5.32 Å². The Balaban J connectivity index is 1.89. The molecule has 17 heavy (non-hydrogen) atoms. The average Bonchev–Trinajstić information content (AvgIpc) is 2.35. The van der Waals surface area contributed by atoms with Crippen LogP contribution in [0.1, 0.15) is 33.1 Å². The highest BCUT2D eigenvalue weighted by Gasteiger charge is 2.31. The highest BCUT2D eigenvalue weighted by Crippen LogP contribution is 2.25. The molecule has 0 bridgehead atoms. The predicted octanol–water partition coefficient (Wildman–Crippen LogP) is 1.73. The summed E-state index contributed by atoms with van der Waals surface area (Å²) in [6, 6.07) is 1.39. The zero-order valence-corrected chi connectivity index (χ0v) is 11.6. The van der Waals surface area contributed by atoms with Gasteiger partial charge in [-0.25, -0.2) is 0 Å². The normalized spacial score (nSPS) is 40.4. The summed E-state index contributed by atoms with van der Waals surface area (Å²) in [6.45, 7) is 9.12. The number of hydrogen-bond donors (Lipinski definition) is 1. The lowest BCUT2D eigenvalue weighted by atomic mass is 9.89. The van der Waals surface area contributed by atoms with E-state index in [1.807, 2.05) is 0 Å². The molecule has 100 valence electrons. The number of rotatable bonds is 3. The average molecular weight is 240 g/mol. The van der Waals surface area contributed by atoms with Crippen LogP contribution in [0, 0.1) is 11.8 Å². The summed E-state index contributed by atoms with van der Waals surface area (Å²) < 4.78 is 5.65. The van der Waals surface area contributed by atoms with Crippen molar-refractivity contribution < 1.29 is 4.74 Å². The third kappa shape index (κ3) is 3.21. The molecule has 3 nitrogen and oxygen atoms in total. The first-order valence-electron chi connectivity index (χ1n) is 7.21. The van der Waals surface area contributed by atoms with E-state index in [-0.39, 0.29) is 0 Å².